The summed E-state index contributed by atoms with van der Waals surface area (Å²) in [5.74, 6) is 0.109. The lowest BCUT2D eigenvalue weighted by atomic mass is 10.00. The molecule has 1 saturated heterocycles. The second-order valence-corrected chi connectivity index (χ2v) is 7.26. The largest absolute Gasteiger partial charge is 0.347 e. The van der Waals surface area contributed by atoms with E-state index in [1.165, 1.54) is 9.75 Å². The van der Waals surface area contributed by atoms with Crippen LogP contribution in [0, 0.1) is 6.92 Å². The molecule has 4 nitrogen and oxygen atoms in total. The number of rotatable bonds is 4. The SMILES string of the molecule is Cc1ccc(C(C)NC(=O)C(C)(C)N2CCNCC2)s1. The van der Waals surface area contributed by atoms with Gasteiger partial charge in [-0.25, -0.2) is 0 Å². The van der Waals surface area contributed by atoms with Crippen molar-refractivity contribution < 1.29 is 4.79 Å². The zero-order valence-corrected chi connectivity index (χ0v) is 13.6. The summed E-state index contributed by atoms with van der Waals surface area (Å²) in [7, 11) is 0. The Balaban J connectivity index is 1.99. The third-order valence-corrected chi connectivity index (χ3v) is 5.18. The van der Waals surface area contributed by atoms with E-state index in [4.69, 9.17) is 0 Å². The van der Waals surface area contributed by atoms with Gasteiger partial charge in [-0.15, -0.1) is 11.3 Å². The fourth-order valence-corrected chi connectivity index (χ4v) is 3.38. The third kappa shape index (κ3) is 3.40. The molecule has 1 fully saturated rings. The molecule has 1 unspecified atom stereocenters. The molecule has 0 aromatic carbocycles. The Kier molecular flexibility index (Phi) is 4.83. The maximum atomic E-state index is 12.6. The number of piperazine rings is 1. The summed E-state index contributed by atoms with van der Waals surface area (Å²) in [6.07, 6.45) is 0. The van der Waals surface area contributed by atoms with E-state index in [1.807, 2.05) is 13.8 Å². The summed E-state index contributed by atoms with van der Waals surface area (Å²) in [4.78, 5) is 17.3. The van der Waals surface area contributed by atoms with E-state index in [-0.39, 0.29) is 11.9 Å². The molecule has 1 atom stereocenters. The third-order valence-electron chi connectivity index (χ3n) is 4.00. The lowest BCUT2D eigenvalue weighted by Gasteiger charge is -2.40. The average Bonchev–Trinajstić information content (AvgIpc) is 2.86. The van der Waals surface area contributed by atoms with Crippen molar-refractivity contribution in [1.82, 2.24) is 15.5 Å². The monoisotopic (exact) mass is 295 g/mol. The molecule has 2 rings (SSSR count). The van der Waals surface area contributed by atoms with E-state index in [0.29, 0.717) is 0 Å². The molecule has 0 radical (unpaired) electrons. The Morgan fingerprint density at radius 2 is 2.05 bits per heavy atom. The molecular weight excluding hydrogens is 270 g/mol. The van der Waals surface area contributed by atoms with Gasteiger partial charge in [0, 0.05) is 35.9 Å². The van der Waals surface area contributed by atoms with E-state index >= 15 is 0 Å². The van der Waals surface area contributed by atoms with Crippen molar-refractivity contribution in [3.63, 3.8) is 0 Å². The molecule has 0 aliphatic carbocycles. The van der Waals surface area contributed by atoms with Crippen LogP contribution in [0.3, 0.4) is 0 Å². The van der Waals surface area contributed by atoms with Crippen molar-refractivity contribution in [2.45, 2.75) is 39.3 Å². The smallest absolute Gasteiger partial charge is 0.240 e. The van der Waals surface area contributed by atoms with Gasteiger partial charge in [0.15, 0.2) is 0 Å². The molecule has 0 saturated carbocycles. The van der Waals surface area contributed by atoms with Gasteiger partial charge in [0.25, 0.3) is 0 Å². The normalized spacial score (nSPS) is 18.8. The van der Waals surface area contributed by atoms with Gasteiger partial charge >= 0.3 is 0 Å². The van der Waals surface area contributed by atoms with E-state index in [9.17, 15) is 4.79 Å². The van der Waals surface area contributed by atoms with Crippen molar-refractivity contribution in [2.24, 2.45) is 0 Å². The van der Waals surface area contributed by atoms with E-state index in [0.717, 1.165) is 26.2 Å². The quantitative estimate of drug-likeness (QED) is 0.892. The zero-order valence-electron chi connectivity index (χ0n) is 12.8. The number of hydrogen-bond donors (Lipinski definition) is 2. The summed E-state index contributed by atoms with van der Waals surface area (Å²) < 4.78 is 0. The Morgan fingerprint density at radius 1 is 1.40 bits per heavy atom. The van der Waals surface area contributed by atoms with Crippen LogP contribution in [0.4, 0.5) is 0 Å². The first-order valence-corrected chi connectivity index (χ1v) is 8.06. The van der Waals surface area contributed by atoms with E-state index < -0.39 is 5.54 Å². The molecule has 0 bridgehead atoms. The van der Waals surface area contributed by atoms with Crippen molar-refractivity contribution in [3.8, 4) is 0 Å². The minimum atomic E-state index is -0.456. The van der Waals surface area contributed by atoms with Crippen LogP contribution in [-0.2, 0) is 4.79 Å². The summed E-state index contributed by atoms with van der Waals surface area (Å²) in [5.41, 5.74) is -0.456. The maximum Gasteiger partial charge on any atom is 0.240 e. The number of nitrogens with one attached hydrogen (secondary N) is 2. The first-order chi connectivity index (χ1) is 9.41. The second-order valence-electron chi connectivity index (χ2n) is 5.94. The van der Waals surface area contributed by atoms with Gasteiger partial charge < -0.3 is 10.6 Å². The first-order valence-electron chi connectivity index (χ1n) is 7.24. The van der Waals surface area contributed by atoms with Crippen LogP contribution in [0.15, 0.2) is 12.1 Å². The number of aryl methyl sites for hydroxylation is 1. The van der Waals surface area contributed by atoms with Crippen molar-refractivity contribution in [3.05, 3.63) is 21.9 Å². The number of amides is 1. The molecule has 20 heavy (non-hydrogen) atoms. The molecule has 1 aromatic heterocycles. The van der Waals surface area contributed by atoms with Crippen LogP contribution < -0.4 is 10.6 Å². The predicted molar refractivity (Wildman–Crippen MR) is 84.1 cm³/mol. The van der Waals surface area contributed by atoms with Crippen LogP contribution in [-0.4, -0.2) is 42.5 Å². The van der Waals surface area contributed by atoms with Gasteiger partial charge in [0.1, 0.15) is 0 Å². The number of carbonyl (C=O) groups excluding carboxylic acids is 1. The summed E-state index contributed by atoms with van der Waals surface area (Å²) >= 11 is 1.75. The average molecular weight is 295 g/mol. The predicted octanol–water partition coefficient (Wildman–Crippen LogP) is 1.92. The molecular formula is C15H25N3OS. The zero-order chi connectivity index (χ0) is 14.8. The molecule has 1 aromatic rings. The standard InChI is InChI=1S/C15H25N3OS/c1-11-5-6-13(20-11)12(2)17-14(19)15(3,4)18-9-7-16-8-10-18/h5-6,12,16H,7-10H2,1-4H3,(H,17,19). The molecule has 0 spiro atoms. The van der Waals surface area contributed by atoms with Crippen LogP contribution in [0.25, 0.3) is 0 Å². The highest BCUT2D eigenvalue weighted by atomic mass is 32.1. The van der Waals surface area contributed by atoms with Gasteiger partial charge in [-0.3, -0.25) is 9.69 Å². The summed E-state index contributed by atoms with van der Waals surface area (Å²) in [5, 5.41) is 6.48. The molecule has 1 aliphatic rings. The fourth-order valence-electron chi connectivity index (χ4n) is 2.50. The fraction of sp³-hybridized carbons (Fsp3) is 0.667. The highest BCUT2D eigenvalue weighted by Crippen LogP contribution is 2.24. The molecule has 2 N–H and O–H groups in total. The van der Waals surface area contributed by atoms with Gasteiger partial charge in [0.2, 0.25) is 5.91 Å². The van der Waals surface area contributed by atoms with Gasteiger partial charge in [-0.2, -0.15) is 0 Å². The maximum absolute atomic E-state index is 12.6. The van der Waals surface area contributed by atoms with Crippen LogP contribution in [0.2, 0.25) is 0 Å². The number of thiophene rings is 1. The van der Waals surface area contributed by atoms with E-state index in [2.05, 4.69) is 41.5 Å². The first kappa shape index (κ1) is 15.5. The van der Waals surface area contributed by atoms with E-state index in [1.54, 1.807) is 11.3 Å². The van der Waals surface area contributed by atoms with Crippen molar-refractivity contribution in [2.75, 3.05) is 26.2 Å². The topological polar surface area (TPSA) is 44.4 Å². The van der Waals surface area contributed by atoms with Crippen LogP contribution in [0.5, 0.6) is 0 Å². The molecule has 1 amide bonds. The minimum Gasteiger partial charge on any atom is -0.347 e. The van der Waals surface area contributed by atoms with Crippen LogP contribution in [0.1, 0.15) is 36.6 Å². The Bertz CT molecular complexity index is 463. The van der Waals surface area contributed by atoms with Crippen molar-refractivity contribution in [1.29, 1.82) is 0 Å². The Labute approximate surface area is 125 Å². The lowest BCUT2D eigenvalue weighted by Crippen LogP contribution is -2.60. The molecule has 112 valence electrons. The number of carbonyl (C=O) groups is 1. The number of hydrogen-bond acceptors (Lipinski definition) is 4. The highest BCUT2D eigenvalue weighted by molar-refractivity contribution is 7.12. The summed E-state index contributed by atoms with van der Waals surface area (Å²) in [6, 6.07) is 4.27. The van der Waals surface area contributed by atoms with Gasteiger partial charge in [-0.05, 0) is 39.8 Å². The Hall–Kier alpha value is -0.910. The lowest BCUT2D eigenvalue weighted by molar-refractivity contribution is -0.132. The molecule has 1 aliphatic heterocycles. The second kappa shape index (κ2) is 6.24. The summed E-state index contributed by atoms with van der Waals surface area (Å²) in [6.45, 7) is 11.9. The van der Waals surface area contributed by atoms with Crippen molar-refractivity contribution >= 4 is 17.2 Å². The molecule has 5 heteroatoms. The minimum absolute atomic E-state index is 0.0726. The number of nitrogens with zero attached hydrogens (tertiary/aromatic N) is 1. The highest BCUT2D eigenvalue weighted by Gasteiger charge is 2.35. The van der Waals surface area contributed by atoms with Gasteiger partial charge in [0.05, 0.1) is 11.6 Å². The van der Waals surface area contributed by atoms with Crippen LogP contribution >= 0.6 is 11.3 Å². The van der Waals surface area contributed by atoms with Gasteiger partial charge in [-0.1, -0.05) is 0 Å². The Morgan fingerprint density at radius 3 is 2.60 bits per heavy atom. The molecule has 2 heterocycles.